The van der Waals surface area contributed by atoms with Crippen LogP contribution in [0.3, 0.4) is 0 Å². The third kappa shape index (κ3) is 3.20. The van der Waals surface area contributed by atoms with Crippen LogP contribution in [0.25, 0.3) is 0 Å². The maximum atomic E-state index is 12.6. The van der Waals surface area contributed by atoms with Gasteiger partial charge in [0.25, 0.3) is 0 Å². The molecule has 2 atom stereocenters. The van der Waals surface area contributed by atoms with E-state index in [9.17, 15) is 8.42 Å². The van der Waals surface area contributed by atoms with Crippen molar-refractivity contribution in [3.05, 3.63) is 29.8 Å². The normalized spacial score (nSPS) is 22.6. The summed E-state index contributed by atoms with van der Waals surface area (Å²) in [5, 5.41) is 0. The summed E-state index contributed by atoms with van der Waals surface area (Å²) in [4.78, 5) is 0.313. The number of benzene rings is 1. The van der Waals surface area contributed by atoms with Gasteiger partial charge >= 0.3 is 0 Å². The van der Waals surface area contributed by atoms with Gasteiger partial charge in [-0.25, -0.2) is 8.42 Å². The highest BCUT2D eigenvalue weighted by Gasteiger charge is 2.29. The van der Waals surface area contributed by atoms with Gasteiger partial charge in [0.1, 0.15) is 0 Å². The zero-order valence-corrected chi connectivity index (χ0v) is 12.8. The van der Waals surface area contributed by atoms with Crippen LogP contribution in [0.4, 0.5) is 0 Å². The van der Waals surface area contributed by atoms with Gasteiger partial charge in [-0.05, 0) is 31.0 Å². The minimum Gasteiger partial charge on any atom is -0.376 e. The summed E-state index contributed by atoms with van der Waals surface area (Å²) in [6.45, 7) is 5.10. The lowest BCUT2D eigenvalue weighted by molar-refractivity contribution is 0.0102. The van der Waals surface area contributed by atoms with Crippen LogP contribution in [-0.2, 0) is 14.8 Å². The highest BCUT2D eigenvalue weighted by molar-refractivity contribution is 7.89. The second-order valence-corrected chi connectivity index (χ2v) is 7.07. The summed E-state index contributed by atoms with van der Waals surface area (Å²) >= 11 is 0. The van der Waals surface area contributed by atoms with Crippen molar-refractivity contribution < 1.29 is 13.2 Å². The average molecular weight is 298 g/mol. The molecule has 1 saturated heterocycles. The number of hydrogen-bond acceptors (Lipinski definition) is 4. The van der Waals surface area contributed by atoms with E-state index in [1.54, 1.807) is 18.2 Å². The molecule has 112 valence electrons. The monoisotopic (exact) mass is 298 g/mol. The maximum Gasteiger partial charge on any atom is 0.243 e. The number of morpholine rings is 1. The van der Waals surface area contributed by atoms with Crippen molar-refractivity contribution in [1.82, 2.24) is 4.31 Å². The molecule has 0 aromatic heterocycles. The van der Waals surface area contributed by atoms with Crippen molar-refractivity contribution in [2.45, 2.75) is 37.3 Å². The molecule has 2 N–H and O–H groups in total. The van der Waals surface area contributed by atoms with Gasteiger partial charge in [-0.1, -0.05) is 19.1 Å². The van der Waals surface area contributed by atoms with Crippen LogP contribution < -0.4 is 5.73 Å². The largest absolute Gasteiger partial charge is 0.376 e. The Morgan fingerprint density at radius 2 is 2.25 bits per heavy atom. The van der Waals surface area contributed by atoms with E-state index >= 15 is 0 Å². The second-order valence-electron chi connectivity index (χ2n) is 5.13. The lowest BCUT2D eigenvalue weighted by atomic mass is 10.1. The van der Waals surface area contributed by atoms with E-state index in [2.05, 4.69) is 0 Å². The highest BCUT2D eigenvalue weighted by Crippen LogP contribution is 2.22. The summed E-state index contributed by atoms with van der Waals surface area (Å²) in [6, 6.07) is 6.80. The zero-order chi connectivity index (χ0) is 14.8. The van der Waals surface area contributed by atoms with Gasteiger partial charge in [-0.2, -0.15) is 4.31 Å². The molecule has 0 aliphatic carbocycles. The molecule has 1 aliphatic rings. The zero-order valence-electron chi connectivity index (χ0n) is 12.0. The second kappa shape index (κ2) is 6.22. The topological polar surface area (TPSA) is 72.6 Å². The SMILES string of the molecule is CCC(N)c1cccc(S(=O)(=O)N2CCOC(C)C2)c1. The Balaban J connectivity index is 2.29. The lowest BCUT2D eigenvalue weighted by Crippen LogP contribution is -2.44. The first-order valence-electron chi connectivity index (χ1n) is 6.92. The van der Waals surface area contributed by atoms with Gasteiger partial charge in [0.15, 0.2) is 0 Å². The molecular formula is C14H22N2O3S. The predicted octanol–water partition coefficient (Wildman–Crippen LogP) is 1.51. The molecular weight excluding hydrogens is 276 g/mol. The molecule has 5 nitrogen and oxygen atoms in total. The number of nitrogens with two attached hydrogens (primary N) is 1. The van der Waals surface area contributed by atoms with Gasteiger partial charge in [0.2, 0.25) is 10.0 Å². The van der Waals surface area contributed by atoms with Crippen molar-refractivity contribution in [1.29, 1.82) is 0 Å². The fraction of sp³-hybridized carbons (Fsp3) is 0.571. The van der Waals surface area contributed by atoms with E-state index in [1.807, 2.05) is 19.9 Å². The van der Waals surface area contributed by atoms with Crippen LogP contribution in [0.15, 0.2) is 29.2 Å². The molecule has 20 heavy (non-hydrogen) atoms. The van der Waals surface area contributed by atoms with Gasteiger partial charge in [-0.3, -0.25) is 0 Å². The van der Waals surface area contributed by atoms with E-state index in [0.717, 1.165) is 12.0 Å². The van der Waals surface area contributed by atoms with Crippen LogP contribution in [0.1, 0.15) is 31.9 Å². The summed E-state index contributed by atoms with van der Waals surface area (Å²) < 4.78 is 32.1. The third-order valence-corrected chi connectivity index (χ3v) is 5.43. The lowest BCUT2D eigenvalue weighted by Gasteiger charge is -2.30. The van der Waals surface area contributed by atoms with E-state index in [-0.39, 0.29) is 12.1 Å². The molecule has 2 rings (SSSR count). The van der Waals surface area contributed by atoms with E-state index in [4.69, 9.17) is 10.5 Å². The van der Waals surface area contributed by atoms with Crippen LogP contribution in [0.2, 0.25) is 0 Å². The van der Waals surface area contributed by atoms with Crippen molar-refractivity contribution in [2.24, 2.45) is 5.73 Å². The van der Waals surface area contributed by atoms with E-state index < -0.39 is 10.0 Å². The molecule has 1 fully saturated rings. The van der Waals surface area contributed by atoms with Crippen molar-refractivity contribution in [3.8, 4) is 0 Å². The first-order chi connectivity index (χ1) is 9.45. The molecule has 1 aromatic rings. The number of rotatable bonds is 4. The van der Waals surface area contributed by atoms with Gasteiger partial charge < -0.3 is 10.5 Å². The smallest absolute Gasteiger partial charge is 0.243 e. The minimum absolute atomic E-state index is 0.0698. The fourth-order valence-electron chi connectivity index (χ4n) is 2.30. The first-order valence-corrected chi connectivity index (χ1v) is 8.36. The molecule has 0 saturated carbocycles. The van der Waals surface area contributed by atoms with E-state index in [1.165, 1.54) is 4.31 Å². The molecule has 1 aromatic carbocycles. The Kier molecular flexibility index (Phi) is 4.80. The Labute approximate surface area is 120 Å². The summed E-state index contributed by atoms with van der Waals surface area (Å²) in [7, 11) is -3.46. The molecule has 0 amide bonds. The van der Waals surface area contributed by atoms with Crippen molar-refractivity contribution in [2.75, 3.05) is 19.7 Å². The summed E-state index contributed by atoms with van der Waals surface area (Å²) in [5.41, 5.74) is 6.83. The van der Waals surface area contributed by atoms with E-state index in [0.29, 0.717) is 24.6 Å². The third-order valence-electron chi connectivity index (χ3n) is 3.57. The molecule has 2 unspecified atom stereocenters. The minimum atomic E-state index is -3.46. The molecule has 1 heterocycles. The first kappa shape index (κ1) is 15.4. The van der Waals surface area contributed by atoms with Gasteiger partial charge in [0, 0.05) is 19.1 Å². The van der Waals surface area contributed by atoms with Gasteiger partial charge in [-0.15, -0.1) is 0 Å². The highest BCUT2D eigenvalue weighted by atomic mass is 32.2. The van der Waals surface area contributed by atoms with Crippen LogP contribution in [-0.4, -0.2) is 38.5 Å². The van der Waals surface area contributed by atoms with Crippen LogP contribution >= 0.6 is 0 Å². The molecule has 0 radical (unpaired) electrons. The number of hydrogen-bond donors (Lipinski definition) is 1. The Morgan fingerprint density at radius 1 is 1.50 bits per heavy atom. The van der Waals surface area contributed by atoms with Crippen LogP contribution in [0, 0.1) is 0 Å². The molecule has 0 bridgehead atoms. The number of ether oxygens (including phenoxy) is 1. The predicted molar refractivity (Wildman–Crippen MR) is 77.8 cm³/mol. The Bertz CT molecular complexity index is 559. The van der Waals surface area contributed by atoms with Crippen molar-refractivity contribution in [3.63, 3.8) is 0 Å². The summed E-state index contributed by atoms with van der Waals surface area (Å²) in [5.74, 6) is 0. The Morgan fingerprint density at radius 3 is 2.90 bits per heavy atom. The fourth-order valence-corrected chi connectivity index (χ4v) is 3.85. The van der Waals surface area contributed by atoms with Crippen LogP contribution in [0.5, 0.6) is 0 Å². The average Bonchev–Trinajstić information content (AvgIpc) is 2.46. The number of nitrogens with zero attached hydrogens (tertiary/aromatic N) is 1. The van der Waals surface area contributed by atoms with Gasteiger partial charge in [0.05, 0.1) is 17.6 Å². The van der Waals surface area contributed by atoms with Crippen molar-refractivity contribution >= 4 is 10.0 Å². The quantitative estimate of drug-likeness (QED) is 0.914. The molecule has 0 spiro atoms. The molecule has 6 heteroatoms. The molecule has 1 aliphatic heterocycles. The number of sulfonamides is 1. The Hall–Kier alpha value is -0.950. The standard InChI is InChI=1S/C14H22N2O3S/c1-3-14(15)12-5-4-6-13(9-12)20(17,18)16-7-8-19-11(2)10-16/h4-6,9,11,14H,3,7-8,10,15H2,1-2H3. The summed E-state index contributed by atoms with van der Waals surface area (Å²) in [6.07, 6.45) is 0.706. The maximum absolute atomic E-state index is 12.6.